The summed E-state index contributed by atoms with van der Waals surface area (Å²) < 4.78 is 69.4. The van der Waals surface area contributed by atoms with Gasteiger partial charge in [0.15, 0.2) is 0 Å². The number of aromatic nitrogens is 4. The lowest BCUT2D eigenvalue weighted by Crippen LogP contribution is -2.51. The van der Waals surface area contributed by atoms with Gasteiger partial charge in [-0.25, -0.2) is 37.1 Å². The van der Waals surface area contributed by atoms with E-state index in [1.165, 1.54) is 41.3 Å². The molecule has 0 spiro atoms. The molecule has 4 heterocycles. The largest absolute Gasteiger partial charge is 0.453 e. The van der Waals surface area contributed by atoms with Crippen LogP contribution in [0.4, 0.5) is 27.2 Å². The molecule has 5 aliphatic rings. The van der Waals surface area contributed by atoms with Gasteiger partial charge in [-0.2, -0.15) is 0 Å². The average molecular weight is 961 g/mol. The van der Waals surface area contributed by atoms with Crippen molar-refractivity contribution in [3.8, 4) is 33.6 Å². The third-order valence-corrected chi connectivity index (χ3v) is 14.6. The van der Waals surface area contributed by atoms with Gasteiger partial charge in [-0.1, -0.05) is 65.3 Å². The number of carbonyl (C=O) groups is 4. The number of rotatable bonds is 11. The quantitative estimate of drug-likeness (QED) is 0.107. The SMILES string of the molecule is CCC.CCC1CCCc2c(-c3cnc(C4CC(F)(F)CN4C(=O)CNC(=O)OC)[nH]3)ccc(-c3ccc(-c4cnc([C@@H]5CC(F)(F)CN5C(=O)C(NC(=O)OC)C(C)C)[nH]4)c4c3C3CCC4C3)c21. The van der Waals surface area contributed by atoms with Gasteiger partial charge in [-0.05, 0) is 102 Å². The van der Waals surface area contributed by atoms with E-state index in [1.807, 2.05) is 0 Å². The second-order valence-corrected chi connectivity index (χ2v) is 19.7. The number of amides is 4. The van der Waals surface area contributed by atoms with Crippen LogP contribution in [0.1, 0.15) is 156 Å². The molecular weight excluding hydrogens is 897 g/mol. The third kappa shape index (κ3) is 9.68. The fourth-order valence-corrected chi connectivity index (χ4v) is 11.6. The maximum atomic E-state index is 15.2. The highest BCUT2D eigenvalue weighted by Gasteiger charge is 2.51. The summed E-state index contributed by atoms with van der Waals surface area (Å²) in [7, 11) is 2.33. The van der Waals surface area contributed by atoms with Gasteiger partial charge in [-0.15, -0.1) is 0 Å². The Bertz CT molecular complexity index is 2580. The molecule has 3 aliphatic carbocycles. The second kappa shape index (κ2) is 19.8. The number of fused-ring (bicyclic) bond motifs is 6. The predicted octanol–water partition coefficient (Wildman–Crippen LogP) is 10.3. The average Bonchev–Trinajstić information content (AvgIpc) is 4.21. The van der Waals surface area contributed by atoms with Gasteiger partial charge in [0.1, 0.15) is 24.2 Å². The first-order valence-corrected chi connectivity index (χ1v) is 24.4. The van der Waals surface area contributed by atoms with Gasteiger partial charge in [0.2, 0.25) is 11.8 Å². The van der Waals surface area contributed by atoms with Gasteiger partial charge < -0.3 is 39.9 Å². The summed E-state index contributed by atoms with van der Waals surface area (Å²) >= 11 is 0. The van der Waals surface area contributed by atoms with Crippen molar-refractivity contribution in [2.75, 3.05) is 33.9 Å². The monoisotopic (exact) mass is 960 g/mol. The number of methoxy groups -OCH3 is 2. The number of alkyl halides is 4. The fraction of sp³-hybridized carbons (Fsp3) is 0.569. The molecule has 3 fully saturated rings. The minimum atomic E-state index is -3.16. The number of likely N-dealkylation sites (tertiary alicyclic amines) is 2. The fourth-order valence-electron chi connectivity index (χ4n) is 11.6. The Morgan fingerprint density at radius 2 is 1.28 bits per heavy atom. The van der Waals surface area contributed by atoms with Gasteiger partial charge in [0, 0.05) is 24.0 Å². The van der Waals surface area contributed by atoms with Crippen molar-refractivity contribution >= 4 is 24.0 Å². The maximum Gasteiger partial charge on any atom is 0.407 e. The summed E-state index contributed by atoms with van der Waals surface area (Å²) in [6.07, 6.45) is 8.53. The highest BCUT2D eigenvalue weighted by atomic mass is 19.3. The number of nitrogens with one attached hydrogen (secondary N) is 4. The third-order valence-electron chi connectivity index (χ3n) is 14.6. The number of benzene rings is 2. The minimum absolute atomic E-state index is 0.247. The highest BCUT2D eigenvalue weighted by molar-refractivity contribution is 5.87. The number of carbonyl (C=O) groups excluding carboxylic acids is 4. The molecule has 2 aromatic carbocycles. The maximum absolute atomic E-state index is 15.2. The van der Waals surface area contributed by atoms with Gasteiger partial charge in [0.05, 0.1) is 63.2 Å². The van der Waals surface area contributed by atoms with E-state index in [2.05, 4.69) is 80.3 Å². The summed E-state index contributed by atoms with van der Waals surface area (Å²) in [6.45, 7) is 7.83. The molecule has 4 aromatic rings. The Balaban J connectivity index is 0.00000209. The number of aromatic amines is 2. The van der Waals surface area contributed by atoms with Gasteiger partial charge in [0.25, 0.3) is 11.8 Å². The zero-order chi connectivity index (χ0) is 49.5. The number of nitrogens with zero attached hydrogens (tertiary/aromatic N) is 4. The van der Waals surface area contributed by atoms with Crippen LogP contribution >= 0.6 is 0 Å². The summed E-state index contributed by atoms with van der Waals surface area (Å²) in [4.78, 5) is 68.7. The van der Waals surface area contributed by atoms with Crippen LogP contribution in [0.15, 0.2) is 36.7 Å². The molecule has 18 heteroatoms. The van der Waals surface area contributed by atoms with Crippen LogP contribution in [0.3, 0.4) is 0 Å². The molecule has 1 saturated carbocycles. The number of halogens is 4. The van der Waals surface area contributed by atoms with Crippen LogP contribution in [0.2, 0.25) is 0 Å². The zero-order valence-corrected chi connectivity index (χ0v) is 40.4. The van der Waals surface area contributed by atoms with E-state index in [9.17, 15) is 28.0 Å². The molecule has 6 atom stereocenters. The number of alkyl carbamates (subject to hydrolysis) is 2. The van der Waals surface area contributed by atoms with E-state index in [4.69, 9.17) is 4.74 Å². The Labute approximate surface area is 400 Å². The molecule has 5 unspecified atom stereocenters. The number of hydrogen-bond donors (Lipinski definition) is 4. The van der Waals surface area contributed by atoms with Crippen LogP contribution in [-0.2, 0) is 25.5 Å². The van der Waals surface area contributed by atoms with Crippen LogP contribution in [-0.4, -0.2) is 105 Å². The molecule has 2 aromatic heterocycles. The lowest BCUT2D eigenvalue weighted by molar-refractivity contribution is -0.136. The minimum Gasteiger partial charge on any atom is -0.453 e. The smallest absolute Gasteiger partial charge is 0.407 e. The van der Waals surface area contributed by atoms with Crippen molar-refractivity contribution in [1.82, 2.24) is 40.4 Å². The Hall–Kier alpha value is -5.94. The second-order valence-electron chi connectivity index (χ2n) is 19.7. The lowest BCUT2D eigenvalue weighted by Gasteiger charge is -2.31. The summed E-state index contributed by atoms with van der Waals surface area (Å²) in [5.41, 5.74) is 10.6. The summed E-state index contributed by atoms with van der Waals surface area (Å²) in [6, 6.07) is 5.40. The molecule has 4 amide bonds. The molecule has 2 aliphatic heterocycles. The first kappa shape index (κ1) is 49.5. The summed E-state index contributed by atoms with van der Waals surface area (Å²) in [5.74, 6) is -6.57. The standard InChI is InChI=1S/C48H56F4N8O6.C3H8/c1-6-25-8-7-9-29-28(33-19-53-42(56-33)35-17-47(49,50)22-59(35)37(61)21-55-45(63)65-4)12-13-30(38(25)29)31-14-15-32(40-27-11-10-26(16-27)39(31)40)34-20-54-43(57-34)36-18-48(51,52)23-60(36)44(62)41(24(2)3)58-46(64)66-5;1-3-2/h12-15,19-20,24-27,35-36,41H,6-11,16-18,21-23H2,1-5H3,(H,53,56)(H,54,57)(H,55,63)(H,58,64);3H2,1-2H3/t25?,26?,27?,35?,36-,41?;/m0./s1. The van der Waals surface area contributed by atoms with Crippen LogP contribution < -0.4 is 10.6 Å². The molecule has 0 radical (unpaired) electrons. The van der Waals surface area contributed by atoms with Crippen molar-refractivity contribution in [3.05, 3.63) is 70.6 Å². The zero-order valence-electron chi connectivity index (χ0n) is 40.4. The van der Waals surface area contributed by atoms with Crippen molar-refractivity contribution < 1.29 is 46.2 Å². The normalized spacial score (nSPS) is 23.2. The van der Waals surface area contributed by atoms with E-state index in [1.54, 1.807) is 26.2 Å². The van der Waals surface area contributed by atoms with Crippen LogP contribution in [0, 0.1) is 5.92 Å². The van der Waals surface area contributed by atoms with Crippen LogP contribution in [0.25, 0.3) is 33.6 Å². The van der Waals surface area contributed by atoms with Gasteiger partial charge in [-0.3, -0.25) is 9.59 Å². The predicted molar refractivity (Wildman–Crippen MR) is 251 cm³/mol. The molecular formula is C51H64F4N8O6. The Morgan fingerprint density at radius 3 is 1.86 bits per heavy atom. The van der Waals surface area contributed by atoms with Crippen molar-refractivity contribution in [2.24, 2.45) is 5.92 Å². The number of imidazole rings is 2. The first-order valence-electron chi connectivity index (χ1n) is 24.4. The number of ether oxygens (including phenoxy) is 2. The molecule has 2 bridgehead atoms. The molecule has 69 heavy (non-hydrogen) atoms. The van der Waals surface area contributed by atoms with Crippen molar-refractivity contribution in [1.29, 1.82) is 0 Å². The summed E-state index contributed by atoms with van der Waals surface area (Å²) in [5, 5.41) is 4.81. The van der Waals surface area contributed by atoms with E-state index in [0.717, 1.165) is 78.5 Å². The van der Waals surface area contributed by atoms with Crippen molar-refractivity contribution in [3.63, 3.8) is 0 Å². The number of hydrogen-bond acceptors (Lipinski definition) is 8. The molecule has 14 nitrogen and oxygen atoms in total. The van der Waals surface area contributed by atoms with E-state index in [0.29, 0.717) is 23.2 Å². The van der Waals surface area contributed by atoms with Gasteiger partial charge >= 0.3 is 12.2 Å². The molecule has 4 N–H and O–H groups in total. The first-order chi connectivity index (χ1) is 32.9. The van der Waals surface area contributed by atoms with Crippen molar-refractivity contribution in [2.45, 2.75) is 147 Å². The highest BCUT2D eigenvalue weighted by Crippen LogP contribution is 2.59. The Morgan fingerprint density at radius 1 is 0.754 bits per heavy atom. The topological polar surface area (TPSA) is 175 Å². The lowest BCUT2D eigenvalue weighted by atomic mass is 9.73. The Kier molecular flexibility index (Phi) is 14.2. The molecule has 2 saturated heterocycles. The van der Waals surface area contributed by atoms with E-state index >= 15 is 8.78 Å². The van der Waals surface area contributed by atoms with E-state index < -0.39 is 92.4 Å². The van der Waals surface area contributed by atoms with Crippen LogP contribution in [0.5, 0.6) is 0 Å². The molecule has 9 rings (SSSR count). The number of H-pyrrole nitrogens is 2. The van der Waals surface area contributed by atoms with E-state index in [-0.39, 0.29) is 17.6 Å². The molecule has 372 valence electrons.